The number of amides is 1. The summed E-state index contributed by atoms with van der Waals surface area (Å²) in [7, 11) is 0. The third-order valence-electron chi connectivity index (χ3n) is 3.58. The first-order valence-electron chi connectivity index (χ1n) is 7.00. The Kier molecular flexibility index (Phi) is 4.25. The van der Waals surface area contributed by atoms with Crippen molar-refractivity contribution < 1.29 is 4.79 Å². The average Bonchev–Trinajstić information content (AvgIpc) is 2.35. The molecule has 0 aromatic heterocycles. The highest BCUT2D eigenvalue weighted by atomic mass is 16.2. The van der Waals surface area contributed by atoms with Crippen LogP contribution in [0.15, 0.2) is 24.3 Å². The molecular weight excluding hydrogens is 236 g/mol. The van der Waals surface area contributed by atoms with E-state index in [1.807, 2.05) is 4.90 Å². The van der Waals surface area contributed by atoms with Crippen LogP contribution in [0.4, 0.5) is 0 Å². The number of hydrogen-bond acceptors (Lipinski definition) is 2. The molecule has 1 N–H and O–H groups in total. The van der Waals surface area contributed by atoms with E-state index >= 15 is 0 Å². The fourth-order valence-corrected chi connectivity index (χ4v) is 2.50. The molecule has 1 aliphatic rings. The maximum Gasteiger partial charge on any atom is 0.224 e. The van der Waals surface area contributed by atoms with Gasteiger partial charge in [0.05, 0.1) is 0 Å². The van der Waals surface area contributed by atoms with Gasteiger partial charge in [-0.3, -0.25) is 4.79 Å². The predicted octanol–water partition coefficient (Wildman–Crippen LogP) is 2.34. The van der Waals surface area contributed by atoms with Gasteiger partial charge in [-0.25, -0.2) is 0 Å². The number of aryl methyl sites for hydroxylation is 1. The van der Waals surface area contributed by atoms with Crippen molar-refractivity contribution in [3.05, 3.63) is 35.4 Å². The summed E-state index contributed by atoms with van der Waals surface area (Å²) in [4.78, 5) is 14.2. The number of carbonyl (C=O) groups is 1. The molecule has 1 amide bonds. The lowest BCUT2D eigenvalue weighted by atomic mass is 9.91. The quantitative estimate of drug-likeness (QED) is 0.885. The molecule has 3 nitrogen and oxygen atoms in total. The Bertz CT molecular complexity index is 437. The van der Waals surface area contributed by atoms with Crippen molar-refractivity contribution in [2.75, 3.05) is 19.6 Å². The first-order chi connectivity index (χ1) is 8.96. The standard InChI is InChI=1S/C16H24N2O/c1-13-4-6-14(7-5-13)10-18-12-16(2,3)11-17-9-8-15(18)19/h4-7,17H,8-12H2,1-3H3. The maximum absolute atomic E-state index is 12.2. The second-order valence-corrected chi connectivity index (χ2v) is 6.33. The van der Waals surface area contributed by atoms with Gasteiger partial charge in [-0.2, -0.15) is 0 Å². The molecular formula is C16H24N2O. The Labute approximate surface area is 116 Å². The SMILES string of the molecule is Cc1ccc(CN2CC(C)(C)CNCCC2=O)cc1. The maximum atomic E-state index is 12.2. The second kappa shape index (κ2) is 5.74. The van der Waals surface area contributed by atoms with Crippen molar-refractivity contribution in [1.29, 1.82) is 0 Å². The van der Waals surface area contributed by atoms with Crippen LogP contribution in [0.5, 0.6) is 0 Å². The summed E-state index contributed by atoms with van der Waals surface area (Å²) >= 11 is 0. The molecule has 1 fully saturated rings. The van der Waals surface area contributed by atoms with Gasteiger partial charge < -0.3 is 10.2 Å². The largest absolute Gasteiger partial charge is 0.338 e. The molecule has 0 unspecified atom stereocenters. The summed E-state index contributed by atoms with van der Waals surface area (Å²) in [5.41, 5.74) is 2.59. The highest BCUT2D eigenvalue weighted by molar-refractivity contribution is 5.76. The van der Waals surface area contributed by atoms with Gasteiger partial charge in [0.2, 0.25) is 5.91 Å². The van der Waals surface area contributed by atoms with Gasteiger partial charge in [-0.15, -0.1) is 0 Å². The molecule has 0 spiro atoms. The highest BCUT2D eigenvalue weighted by Gasteiger charge is 2.26. The summed E-state index contributed by atoms with van der Waals surface area (Å²) in [5.74, 6) is 0.251. The van der Waals surface area contributed by atoms with E-state index in [2.05, 4.69) is 50.4 Å². The van der Waals surface area contributed by atoms with Crippen molar-refractivity contribution in [3.8, 4) is 0 Å². The lowest BCUT2D eigenvalue weighted by molar-refractivity contribution is -0.133. The van der Waals surface area contributed by atoms with E-state index in [1.165, 1.54) is 11.1 Å². The fraction of sp³-hybridized carbons (Fsp3) is 0.562. The van der Waals surface area contributed by atoms with E-state index < -0.39 is 0 Å². The molecule has 1 aliphatic heterocycles. The Morgan fingerprint density at radius 3 is 2.63 bits per heavy atom. The van der Waals surface area contributed by atoms with Gasteiger partial charge in [0.1, 0.15) is 0 Å². The van der Waals surface area contributed by atoms with Crippen molar-refractivity contribution in [2.24, 2.45) is 5.41 Å². The van der Waals surface area contributed by atoms with Crippen LogP contribution in [-0.2, 0) is 11.3 Å². The zero-order valence-electron chi connectivity index (χ0n) is 12.2. The monoisotopic (exact) mass is 260 g/mol. The van der Waals surface area contributed by atoms with Crippen molar-refractivity contribution in [2.45, 2.75) is 33.7 Å². The first kappa shape index (κ1) is 14.1. The normalized spacial score (nSPS) is 19.9. The van der Waals surface area contributed by atoms with Crippen LogP contribution in [0.3, 0.4) is 0 Å². The van der Waals surface area contributed by atoms with Crippen LogP contribution in [0.1, 0.15) is 31.4 Å². The summed E-state index contributed by atoms with van der Waals surface area (Å²) in [6.45, 7) is 9.79. The zero-order chi connectivity index (χ0) is 13.9. The van der Waals surface area contributed by atoms with Crippen molar-refractivity contribution >= 4 is 5.91 Å². The predicted molar refractivity (Wildman–Crippen MR) is 77.9 cm³/mol. The molecule has 1 aromatic rings. The molecule has 0 aliphatic carbocycles. The minimum Gasteiger partial charge on any atom is -0.338 e. The minimum atomic E-state index is 0.126. The second-order valence-electron chi connectivity index (χ2n) is 6.33. The molecule has 2 rings (SSSR count). The van der Waals surface area contributed by atoms with Gasteiger partial charge in [0.25, 0.3) is 0 Å². The van der Waals surface area contributed by atoms with Gasteiger partial charge in [0.15, 0.2) is 0 Å². The number of nitrogens with one attached hydrogen (secondary N) is 1. The first-order valence-corrected chi connectivity index (χ1v) is 7.00. The Morgan fingerprint density at radius 2 is 1.95 bits per heavy atom. The highest BCUT2D eigenvalue weighted by Crippen LogP contribution is 2.20. The average molecular weight is 260 g/mol. The molecule has 0 bridgehead atoms. The third-order valence-corrected chi connectivity index (χ3v) is 3.58. The van der Waals surface area contributed by atoms with E-state index in [9.17, 15) is 4.79 Å². The van der Waals surface area contributed by atoms with E-state index in [4.69, 9.17) is 0 Å². The van der Waals surface area contributed by atoms with Gasteiger partial charge in [-0.1, -0.05) is 43.7 Å². The Morgan fingerprint density at radius 1 is 1.26 bits per heavy atom. The Balaban J connectivity index is 2.10. The van der Waals surface area contributed by atoms with Crippen LogP contribution in [0.2, 0.25) is 0 Å². The van der Waals surface area contributed by atoms with Crippen LogP contribution >= 0.6 is 0 Å². The van der Waals surface area contributed by atoms with Crippen LogP contribution in [0, 0.1) is 12.3 Å². The molecule has 1 aromatic carbocycles. The van der Waals surface area contributed by atoms with Crippen molar-refractivity contribution in [1.82, 2.24) is 10.2 Å². The van der Waals surface area contributed by atoms with E-state index in [1.54, 1.807) is 0 Å². The number of hydrogen-bond donors (Lipinski definition) is 1. The van der Waals surface area contributed by atoms with Crippen LogP contribution in [0.25, 0.3) is 0 Å². The third kappa shape index (κ3) is 4.06. The minimum absolute atomic E-state index is 0.126. The molecule has 0 atom stereocenters. The molecule has 1 heterocycles. The summed E-state index contributed by atoms with van der Waals surface area (Å²) < 4.78 is 0. The number of rotatable bonds is 2. The van der Waals surface area contributed by atoms with E-state index in [0.29, 0.717) is 6.42 Å². The molecule has 0 radical (unpaired) electrons. The molecule has 104 valence electrons. The van der Waals surface area contributed by atoms with E-state index in [0.717, 1.165) is 26.2 Å². The summed E-state index contributed by atoms with van der Waals surface area (Å²) in [6, 6.07) is 8.45. The summed E-state index contributed by atoms with van der Waals surface area (Å²) in [6.07, 6.45) is 0.599. The topological polar surface area (TPSA) is 32.3 Å². The lowest BCUT2D eigenvalue weighted by Crippen LogP contribution is -2.46. The van der Waals surface area contributed by atoms with Crippen LogP contribution < -0.4 is 5.32 Å². The van der Waals surface area contributed by atoms with E-state index in [-0.39, 0.29) is 11.3 Å². The van der Waals surface area contributed by atoms with Gasteiger partial charge >= 0.3 is 0 Å². The number of benzene rings is 1. The molecule has 0 saturated carbocycles. The van der Waals surface area contributed by atoms with Gasteiger partial charge in [0, 0.05) is 32.6 Å². The fourth-order valence-electron chi connectivity index (χ4n) is 2.50. The number of carbonyl (C=O) groups excluding carboxylic acids is 1. The zero-order valence-corrected chi connectivity index (χ0v) is 12.2. The number of nitrogens with zero attached hydrogens (tertiary/aromatic N) is 1. The lowest BCUT2D eigenvalue weighted by Gasteiger charge is -2.35. The molecule has 19 heavy (non-hydrogen) atoms. The Hall–Kier alpha value is -1.35. The van der Waals surface area contributed by atoms with Gasteiger partial charge in [-0.05, 0) is 17.9 Å². The summed E-state index contributed by atoms with van der Waals surface area (Å²) in [5, 5.41) is 3.35. The smallest absolute Gasteiger partial charge is 0.224 e. The van der Waals surface area contributed by atoms with Crippen molar-refractivity contribution in [3.63, 3.8) is 0 Å². The molecule has 1 saturated heterocycles. The van der Waals surface area contributed by atoms with Crippen LogP contribution in [-0.4, -0.2) is 30.4 Å². The molecule has 3 heteroatoms.